The Morgan fingerprint density at radius 1 is 1.38 bits per heavy atom. The van der Waals surface area contributed by atoms with Crippen molar-refractivity contribution in [2.45, 2.75) is 38.3 Å². The highest BCUT2D eigenvalue weighted by atomic mass is 16.6. The van der Waals surface area contributed by atoms with Crippen LogP contribution < -0.4 is 15.0 Å². The first-order chi connectivity index (χ1) is 10.2. The average molecular weight is 291 g/mol. The molecule has 0 spiro atoms. The van der Waals surface area contributed by atoms with Crippen molar-refractivity contribution in [1.29, 1.82) is 0 Å². The van der Waals surface area contributed by atoms with Gasteiger partial charge in [-0.2, -0.15) is 0 Å². The predicted octanol–water partition coefficient (Wildman–Crippen LogP) is 2.32. The molecule has 2 unspecified atom stereocenters. The Morgan fingerprint density at radius 2 is 2.19 bits per heavy atom. The number of anilines is 1. The highest BCUT2D eigenvalue weighted by molar-refractivity contribution is 5.59. The lowest BCUT2D eigenvalue weighted by Crippen LogP contribution is -2.35. The molecular formula is C15H21N3O3. The van der Waals surface area contributed by atoms with Crippen LogP contribution in [0.4, 0.5) is 11.4 Å². The van der Waals surface area contributed by atoms with Gasteiger partial charge in [0.2, 0.25) is 0 Å². The lowest BCUT2D eigenvalue weighted by molar-refractivity contribution is -0.385. The first-order valence-corrected chi connectivity index (χ1v) is 7.59. The highest BCUT2D eigenvalue weighted by Gasteiger charge is 2.30. The fourth-order valence-electron chi connectivity index (χ4n) is 3.30. The number of benzene rings is 1. The van der Waals surface area contributed by atoms with Crippen LogP contribution >= 0.6 is 0 Å². The van der Waals surface area contributed by atoms with Crippen molar-refractivity contribution in [2.75, 3.05) is 24.6 Å². The summed E-state index contributed by atoms with van der Waals surface area (Å²) in [6.45, 7) is 4.21. The SMILES string of the molecule is CCOc1cc(N2CCC3CCC(C2)N3)ccc1[N+](=O)[O-]. The molecule has 0 amide bonds. The van der Waals surface area contributed by atoms with Gasteiger partial charge in [0, 0.05) is 43.0 Å². The summed E-state index contributed by atoms with van der Waals surface area (Å²) in [6, 6.07) is 6.35. The van der Waals surface area contributed by atoms with Crippen LogP contribution in [-0.2, 0) is 0 Å². The van der Waals surface area contributed by atoms with Gasteiger partial charge in [-0.15, -0.1) is 0 Å². The minimum absolute atomic E-state index is 0.0371. The van der Waals surface area contributed by atoms with Crippen LogP contribution in [-0.4, -0.2) is 36.7 Å². The number of fused-ring (bicyclic) bond motifs is 2. The van der Waals surface area contributed by atoms with E-state index in [4.69, 9.17) is 4.74 Å². The minimum Gasteiger partial charge on any atom is -0.487 e. The van der Waals surface area contributed by atoms with E-state index in [9.17, 15) is 10.1 Å². The van der Waals surface area contributed by atoms with Crippen molar-refractivity contribution in [3.05, 3.63) is 28.3 Å². The lowest BCUT2D eigenvalue weighted by atomic mass is 10.1. The van der Waals surface area contributed by atoms with Crippen LogP contribution in [0.5, 0.6) is 5.75 Å². The van der Waals surface area contributed by atoms with Gasteiger partial charge in [0.25, 0.3) is 0 Å². The van der Waals surface area contributed by atoms with E-state index in [1.54, 1.807) is 12.1 Å². The zero-order valence-corrected chi connectivity index (χ0v) is 12.2. The number of nitro groups is 1. The van der Waals surface area contributed by atoms with Crippen molar-refractivity contribution in [2.24, 2.45) is 0 Å². The van der Waals surface area contributed by atoms with Crippen LogP contribution in [0.2, 0.25) is 0 Å². The first-order valence-electron chi connectivity index (χ1n) is 7.59. The molecule has 3 rings (SSSR count). The monoisotopic (exact) mass is 291 g/mol. The second-order valence-corrected chi connectivity index (χ2v) is 5.71. The Balaban J connectivity index is 1.84. The molecule has 0 aromatic heterocycles. The van der Waals surface area contributed by atoms with E-state index in [2.05, 4.69) is 10.2 Å². The van der Waals surface area contributed by atoms with E-state index in [-0.39, 0.29) is 10.6 Å². The van der Waals surface area contributed by atoms with Crippen molar-refractivity contribution < 1.29 is 9.66 Å². The fraction of sp³-hybridized carbons (Fsp3) is 0.600. The molecule has 2 aliphatic heterocycles. The van der Waals surface area contributed by atoms with Crippen LogP contribution in [0.3, 0.4) is 0 Å². The summed E-state index contributed by atoms with van der Waals surface area (Å²) < 4.78 is 5.44. The molecule has 0 radical (unpaired) electrons. The van der Waals surface area contributed by atoms with Gasteiger partial charge in [0.15, 0.2) is 5.75 Å². The molecule has 2 bridgehead atoms. The number of hydrogen-bond acceptors (Lipinski definition) is 5. The normalized spacial score (nSPS) is 24.7. The molecule has 1 aromatic rings. The molecule has 0 aliphatic carbocycles. The second-order valence-electron chi connectivity index (χ2n) is 5.71. The molecule has 2 saturated heterocycles. The Labute approximate surface area is 124 Å². The molecular weight excluding hydrogens is 270 g/mol. The van der Waals surface area contributed by atoms with Gasteiger partial charge in [0.1, 0.15) is 0 Å². The molecule has 6 nitrogen and oxygen atoms in total. The maximum atomic E-state index is 11.0. The molecule has 6 heteroatoms. The predicted molar refractivity (Wildman–Crippen MR) is 81.0 cm³/mol. The number of hydrogen-bond donors (Lipinski definition) is 1. The summed E-state index contributed by atoms with van der Waals surface area (Å²) in [5, 5.41) is 14.7. The molecule has 2 atom stereocenters. The number of ether oxygens (including phenoxy) is 1. The van der Waals surface area contributed by atoms with Gasteiger partial charge in [0.05, 0.1) is 11.5 Å². The lowest BCUT2D eigenvalue weighted by Gasteiger charge is -2.26. The van der Waals surface area contributed by atoms with Crippen LogP contribution in [0, 0.1) is 10.1 Å². The number of rotatable bonds is 4. The highest BCUT2D eigenvalue weighted by Crippen LogP contribution is 2.33. The van der Waals surface area contributed by atoms with E-state index in [1.807, 2.05) is 13.0 Å². The van der Waals surface area contributed by atoms with Crippen LogP contribution in [0.25, 0.3) is 0 Å². The zero-order chi connectivity index (χ0) is 14.8. The molecule has 21 heavy (non-hydrogen) atoms. The van der Waals surface area contributed by atoms with Crippen molar-refractivity contribution in [1.82, 2.24) is 5.32 Å². The van der Waals surface area contributed by atoms with E-state index >= 15 is 0 Å². The van der Waals surface area contributed by atoms with E-state index < -0.39 is 0 Å². The third-order valence-electron chi connectivity index (χ3n) is 4.33. The summed E-state index contributed by atoms with van der Waals surface area (Å²) in [6.07, 6.45) is 3.60. The fourth-order valence-corrected chi connectivity index (χ4v) is 3.30. The third kappa shape index (κ3) is 2.95. The van der Waals surface area contributed by atoms with Crippen molar-refractivity contribution in [3.8, 4) is 5.75 Å². The molecule has 1 aromatic carbocycles. The smallest absolute Gasteiger partial charge is 0.311 e. The third-order valence-corrected chi connectivity index (χ3v) is 4.33. The maximum Gasteiger partial charge on any atom is 0.311 e. The maximum absolute atomic E-state index is 11.0. The van der Waals surface area contributed by atoms with Crippen LogP contribution in [0.15, 0.2) is 18.2 Å². The number of nitrogens with one attached hydrogen (secondary N) is 1. The van der Waals surface area contributed by atoms with Crippen molar-refractivity contribution in [3.63, 3.8) is 0 Å². The van der Waals surface area contributed by atoms with E-state index in [0.717, 1.165) is 25.2 Å². The summed E-state index contributed by atoms with van der Waals surface area (Å²) in [7, 11) is 0. The van der Waals surface area contributed by atoms with Crippen LogP contribution in [0.1, 0.15) is 26.2 Å². The van der Waals surface area contributed by atoms with Gasteiger partial charge >= 0.3 is 5.69 Å². The molecule has 0 saturated carbocycles. The molecule has 2 aliphatic rings. The van der Waals surface area contributed by atoms with Gasteiger partial charge < -0.3 is 15.0 Å². The van der Waals surface area contributed by atoms with Crippen molar-refractivity contribution >= 4 is 11.4 Å². The Bertz CT molecular complexity index is 535. The first kappa shape index (κ1) is 14.1. The quantitative estimate of drug-likeness (QED) is 0.681. The topological polar surface area (TPSA) is 67.6 Å². The number of nitrogens with zero attached hydrogens (tertiary/aromatic N) is 2. The molecule has 2 heterocycles. The summed E-state index contributed by atoms with van der Waals surface area (Å²) >= 11 is 0. The molecule has 1 N–H and O–H groups in total. The van der Waals surface area contributed by atoms with Gasteiger partial charge in [-0.3, -0.25) is 10.1 Å². The summed E-state index contributed by atoms with van der Waals surface area (Å²) in [5.74, 6) is 0.363. The Kier molecular flexibility index (Phi) is 3.96. The molecule has 2 fully saturated rings. The van der Waals surface area contributed by atoms with Gasteiger partial charge in [-0.25, -0.2) is 0 Å². The second kappa shape index (κ2) is 5.89. The number of nitro benzene ring substituents is 1. The van der Waals surface area contributed by atoms with E-state index in [0.29, 0.717) is 24.4 Å². The Hall–Kier alpha value is -1.82. The van der Waals surface area contributed by atoms with E-state index in [1.165, 1.54) is 12.8 Å². The standard InChI is InChI=1S/C15H21N3O3/c1-2-21-15-9-13(5-6-14(15)18(19)20)17-8-7-11-3-4-12(10-17)16-11/h5-6,9,11-12,16H,2-4,7-8,10H2,1H3. The Morgan fingerprint density at radius 3 is 2.95 bits per heavy atom. The summed E-state index contributed by atoms with van der Waals surface area (Å²) in [5.41, 5.74) is 1.05. The largest absolute Gasteiger partial charge is 0.487 e. The zero-order valence-electron chi connectivity index (χ0n) is 12.2. The summed E-state index contributed by atoms with van der Waals surface area (Å²) in [4.78, 5) is 13.0. The average Bonchev–Trinajstić information content (AvgIpc) is 2.78. The minimum atomic E-state index is -0.388. The van der Waals surface area contributed by atoms with Gasteiger partial charge in [-0.1, -0.05) is 0 Å². The van der Waals surface area contributed by atoms with Gasteiger partial charge in [-0.05, 0) is 32.3 Å². The molecule has 114 valence electrons.